The zero-order valence-electron chi connectivity index (χ0n) is 20.4. The van der Waals surface area contributed by atoms with Crippen molar-refractivity contribution in [3.05, 3.63) is 84.9 Å². The van der Waals surface area contributed by atoms with Crippen LogP contribution >= 0.6 is 0 Å². The number of oxazole rings is 1. The summed E-state index contributed by atoms with van der Waals surface area (Å²) in [6.45, 7) is 2.80. The summed E-state index contributed by atoms with van der Waals surface area (Å²) >= 11 is 0. The lowest BCUT2D eigenvalue weighted by molar-refractivity contribution is -0.143. The summed E-state index contributed by atoms with van der Waals surface area (Å²) in [5.74, 6) is 1.15. The summed E-state index contributed by atoms with van der Waals surface area (Å²) in [5.41, 5.74) is 4.62. The minimum Gasteiger partial charge on any atom is -0.493 e. The van der Waals surface area contributed by atoms with Crippen LogP contribution in [0.25, 0.3) is 44.5 Å². The molecule has 5 aromatic rings. The third-order valence-electron chi connectivity index (χ3n) is 6.16. The first-order valence-corrected chi connectivity index (χ1v) is 12.5. The highest BCUT2D eigenvalue weighted by Gasteiger charge is 2.16. The predicted octanol–water partition coefficient (Wildman–Crippen LogP) is 7.82. The van der Waals surface area contributed by atoms with Gasteiger partial charge in [0.2, 0.25) is 5.89 Å². The number of hydrogen-bond acceptors (Lipinski definition) is 5. The maximum Gasteiger partial charge on any atom is 0.305 e. The number of rotatable bonds is 10. The zero-order chi connectivity index (χ0) is 24.7. The van der Waals surface area contributed by atoms with Gasteiger partial charge in [-0.2, -0.15) is 0 Å². The Morgan fingerprint density at radius 3 is 2.42 bits per heavy atom. The van der Waals surface area contributed by atoms with E-state index < -0.39 is 0 Å². The molecule has 182 valence electrons. The average molecular weight is 480 g/mol. The van der Waals surface area contributed by atoms with Crippen molar-refractivity contribution in [1.82, 2.24) is 4.98 Å². The maximum atomic E-state index is 11.5. The molecule has 0 atom stereocenters. The van der Waals surface area contributed by atoms with Crippen LogP contribution in [0.2, 0.25) is 0 Å². The fourth-order valence-electron chi connectivity index (χ4n) is 4.32. The second-order valence-electron chi connectivity index (χ2n) is 8.73. The molecule has 0 spiro atoms. The topological polar surface area (TPSA) is 61.6 Å². The van der Waals surface area contributed by atoms with Gasteiger partial charge in [-0.3, -0.25) is 4.79 Å². The van der Waals surface area contributed by atoms with Crippen molar-refractivity contribution < 1.29 is 18.7 Å². The van der Waals surface area contributed by atoms with Crippen LogP contribution in [-0.2, 0) is 9.53 Å². The van der Waals surface area contributed by atoms with E-state index in [1.54, 1.807) is 0 Å². The Bertz CT molecular complexity index is 1470. The van der Waals surface area contributed by atoms with Gasteiger partial charge in [-0.1, -0.05) is 60.7 Å². The summed E-state index contributed by atoms with van der Waals surface area (Å²) in [7, 11) is 0. The lowest BCUT2D eigenvalue weighted by atomic mass is 10.1. The highest BCUT2D eigenvalue weighted by molar-refractivity contribution is 5.90. The van der Waals surface area contributed by atoms with Crippen molar-refractivity contribution in [3.63, 3.8) is 0 Å². The molecule has 0 aliphatic rings. The molecule has 0 aliphatic heterocycles. The number of carbonyl (C=O) groups excluding carboxylic acids is 1. The second kappa shape index (κ2) is 11.1. The normalized spacial score (nSPS) is 11.1. The highest BCUT2D eigenvalue weighted by Crippen LogP contribution is 2.36. The predicted molar refractivity (Wildman–Crippen MR) is 143 cm³/mol. The number of esters is 1. The molecule has 0 bridgehead atoms. The monoisotopic (exact) mass is 479 g/mol. The van der Waals surface area contributed by atoms with Gasteiger partial charge in [0.05, 0.1) is 18.8 Å². The van der Waals surface area contributed by atoms with E-state index in [-0.39, 0.29) is 5.97 Å². The molecule has 4 aromatic carbocycles. The lowest BCUT2D eigenvalue weighted by Gasteiger charge is -2.11. The average Bonchev–Trinajstić information content (AvgIpc) is 3.34. The third-order valence-corrected chi connectivity index (χ3v) is 6.16. The third kappa shape index (κ3) is 5.41. The van der Waals surface area contributed by atoms with E-state index in [0.717, 1.165) is 63.6 Å². The lowest BCUT2D eigenvalue weighted by Crippen LogP contribution is -2.04. The minimum absolute atomic E-state index is 0.137. The molecule has 5 heteroatoms. The van der Waals surface area contributed by atoms with E-state index in [1.165, 1.54) is 0 Å². The van der Waals surface area contributed by atoms with Crippen molar-refractivity contribution in [1.29, 1.82) is 0 Å². The van der Waals surface area contributed by atoms with Crippen molar-refractivity contribution in [3.8, 4) is 28.3 Å². The minimum atomic E-state index is -0.137. The number of ether oxygens (including phenoxy) is 2. The number of nitrogens with zero attached hydrogens (tertiary/aromatic N) is 1. The molecule has 36 heavy (non-hydrogen) atoms. The Morgan fingerprint density at radius 1 is 0.833 bits per heavy atom. The fraction of sp³-hybridized carbons (Fsp3) is 0.226. The van der Waals surface area contributed by atoms with Gasteiger partial charge in [-0.25, -0.2) is 4.98 Å². The Morgan fingerprint density at radius 2 is 1.61 bits per heavy atom. The summed E-state index contributed by atoms with van der Waals surface area (Å²) < 4.78 is 17.4. The molecule has 1 aromatic heterocycles. The van der Waals surface area contributed by atoms with Crippen molar-refractivity contribution >= 4 is 27.8 Å². The van der Waals surface area contributed by atoms with Gasteiger partial charge in [0.25, 0.3) is 0 Å². The summed E-state index contributed by atoms with van der Waals surface area (Å²) in [6.07, 6.45) is 2.98. The number of aromatic nitrogens is 1. The number of fused-ring (bicyclic) bond motifs is 2. The van der Waals surface area contributed by atoms with Gasteiger partial charge in [-0.05, 0) is 72.4 Å². The molecule has 5 nitrogen and oxygen atoms in total. The van der Waals surface area contributed by atoms with Gasteiger partial charge in [-0.15, -0.1) is 0 Å². The molecular weight excluding hydrogens is 450 g/mol. The molecule has 0 aliphatic carbocycles. The Kier molecular flexibility index (Phi) is 7.27. The molecule has 0 saturated carbocycles. The van der Waals surface area contributed by atoms with Crippen LogP contribution in [0.5, 0.6) is 5.75 Å². The molecule has 0 unspecified atom stereocenters. The summed E-state index contributed by atoms with van der Waals surface area (Å²) in [6, 6.07) is 28.7. The molecule has 0 N–H and O–H groups in total. The Hall–Kier alpha value is -4.12. The highest BCUT2D eigenvalue weighted by atomic mass is 16.5. The molecule has 0 fully saturated rings. The molecule has 0 saturated heterocycles. The van der Waals surface area contributed by atoms with Gasteiger partial charge >= 0.3 is 5.97 Å². The number of unbranched alkanes of at least 4 members (excludes halogenated alkanes) is 2. The van der Waals surface area contributed by atoms with Crippen LogP contribution in [0.3, 0.4) is 0 Å². The largest absolute Gasteiger partial charge is 0.493 e. The molecule has 5 rings (SSSR count). The van der Waals surface area contributed by atoms with Crippen LogP contribution in [0.1, 0.15) is 32.6 Å². The van der Waals surface area contributed by atoms with Crippen molar-refractivity contribution in [2.45, 2.75) is 32.6 Å². The summed E-state index contributed by atoms with van der Waals surface area (Å²) in [4.78, 5) is 16.4. The number of benzene rings is 4. The standard InChI is InChI=1S/C31H29NO4/c1-2-34-30(33)15-7-4-10-18-35-29-21-24-14-9-8-13-23(24)19-26(29)31-32-27-20-25(16-17-28(27)36-31)22-11-5-3-6-12-22/h3,5-6,8-9,11-14,16-17,19-21H,2,4,7,10,15,18H2,1H3. The van der Waals surface area contributed by atoms with Gasteiger partial charge < -0.3 is 13.9 Å². The first-order chi connectivity index (χ1) is 17.7. The molecular formula is C31H29NO4. The zero-order valence-corrected chi connectivity index (χ0v) is 20.4. The second-order valence-corrected chi connectivity index (χ2v) is 8.73. The first kappa shape index (κ1) is 23.6. The van der Waals surface area contributed by atoms with E-state index in [2.05, 4.69) is 42.5 Å². The van der Waals surface area contributed by atoms with E-state index in [0.29, 0.717) is 25.5 Å². The van der Waals surface area contributed by atoms with E-state index in [1.807, 2.05) is 49.4 Å². The maximum absolute atomic E-state index is 11.5. The SMILES string of the molecule is CCOC(=O)CCCCCOc1cc2ccccc2cc1-c1nc2cc(-c3ccccc3)ccc2o1. The molecule has 1 heterocycles. The fourth-order valence-corrected chi connectivity index (χ4v) is 4.32. The van der Waals surface area contributed by atoms with Crippen LogP contribution in [0.15, 0.2) is 89.3 Å². The van der Waals surface area contributed by atoms with Crippen LogP contribution < -0.4 is 4.74 Å². The quantitative estimate of drug-likeness (QED) is 0.151. The van der Waals surface area contributed by atoms with E-state index in [9.17, 15) is 4.79 Å². The molecule has 0 amide bonds. The number of hydrogen-bond donors (Lipinski definition) is 0. The van der Waals surface area contributed by atoms with Gasteiger partial charge in [0.1, 0.15) is 11.3 Å². The number of carbonyl (C=O) groups is 1. The van der Waals surface area contributed by atoms with Crippen LogP contribution in [-0.4, -0.2) is 24.2 Å². The van der Waals surface area contributed by atoms with E-state index >= 15 is 0 Å². The van der Waals surface area contributed by atoms with Crippen LogP contribution in [0, 0.1) is 0 Å². The smallest absolute Gasteiger partial charge is 0.305 e. The Labute approximate surface area is 210 Å². The first-order valence-electron chi connectivity index (χ1n) is 12.5. The van der Waals surface area contributed by atoms with Crippen LogP contribution in [0.4, 0.5) is 0 Å². The van der Waals surface area contributed by atoms with E-state index in [4.69, 9.17) is 18.9 Å². The summed E-state index contributed by atoms with van der Waals surface area (Å²) in [5, 5.41) is 2.20. The van der Waals surface area contributed by atoms with Gasteiger partial charge in [0.15, 0.2) is 5.58 Å². The van der Waals surface area contributed by atoms with Crippen molar-refractivity contribution in [2.24, 2.45) is 0 Å². The van der Waals surface area contributed by atoms with Gasteiger partial charge in [0, 0.05) is 6.42 Å². The Balaban J connectivity index is 1.38. The molecule has 0 radical (unpaired) electrons. The van der Waals surface area contributed by atoms with Crippen molar-refractivity contribution in [2.75, 3.05) is 13.2 Å².